The fourth-order valence-electron chi connectivity index (χ4n) is 2.01. The molecule has 1 N–H and O–H groups in total. The molecule has 1 amide bonds. The second kappa shape index (κ2) is 7.22. The molecule has 0 fully saturated rings. The molecule has 22 heavy (non-hydrogen) atoms. The van der Waals surface area contributed by atoms with Crippen LogP contribution in [0.2, 0.25) is 0 Å². The van der Waals surface area contributed by atoms with Crippen LogP contribution in [0.15, 0.2) is 49.1 Å². The summed E-state index contributed by atoms with van der Waals surface area (Å²) in [5, 5.41) is 2.65. The molecular weight excluding hydrogens is 302 g/mol. The fraction of sp³-hybridized carbons (Fsp3) is 0.333. The highest BCUT2D eigenvalue weighted by atomic mass is 32.2. The Hall–Kier alpha value is -2.15. The number of aromatic nitrogens is 2. The summed E-state index contributed by atoms with van der Waals surface area (Å²) in [6.45, 7) is 1.84. The third-order valence-corrected chi connectivity index (χ3v) is 4.89. The lowest BCUT2D eigenvalue weighted by atomic mass is 10.2. The van der Waals surface area contributed by atoms with Crippen LogP contribution in [-0.4, -0.2) is 36.2 Å². The minimum absolute atomic E-state index is 0.0131. The topological polar surface area (TPSA) is 81.1 Å². The van der Waals surface area contributed by atoms with Crippen LogP contribution in [0.25, 0.3) is 0 Å². The zero-order valence-electron chi connectivity index (χ0n) is 12.3. The molecule has 1 aromatic heterocycles. The molecule has 7 heteroatoms. The molecule has 118 valence electrons. The van der Waals surface area contributed by atoms with Crippen molar-refractivity contribution in [3.8, 4) is 0 Å². The van der Waals surface area contributed by atoms with E-state index in [1.807, 2.05) is 6.07 Å². The van der Waals surface area contributed by atoms with Crippen molar-refractivity contribution in [1.29, 1.82) is 0 Å². The monoisotopic (exact) mass is 321 g/mol. The molecule has 0 aliphatic rings. The lowest BCUT2D eigenvalue weighted by molar-refractivity contribution is -0.123. The lowest BCUT2D eigenvalue weighted by Gasteiger charge is -2.13. The Morgan fingerprint density at radius 2 is 2.05 bits per heavy atom. The van der Waals surface area contributed by atoms with E-state index >= 15 is 0 Å². The second-order valence-electron chi connectivity index (χ2n) is 5.05. The van der Waals surface area contributed by atoms with Crippen LogP contribution in [0.1, 0.15) is 18.5 Å². The van der Waals surface area contributed by atoms with Gasteiger partial charge in [0.1, 0.15) is 6.04 Å². The maximum atomic E-state index is 12.0. The maximum absolute atomic E-state index is 12.0. The van der Waals surface area contributed by atoms with Crippen LogP contribution in [0.5, 0.6) is 0 Å². The van der Waals surface area contributed by atoms with E-state index in [1.165, 1.54) is 0 Å². The summed E-state index contributed by atoms with van der Waals surface area (Å²) in [6, 6.07) is 8.58. The first-order chi connectivity index (χ1) is 10.5. The van der Waals surface area contributed by atoms with Crippen LogP contribution in [0.4, 0.5) is 0 Å². The number of imidazole rings is 1. The van der Waals surface area contributed by atoms with Gasteiger partial charge in [0.2, 0.25) is 5.91 Å². The molecule has 6 nitrogen and oxygen atoms in total. The van der Waals surface area contributed by atoms with Gasteiger partial charge in [0.05, 0.1) is 17.8 Å². The summed E-state index contributed by atoms with van der Waals surface area (Å²) in [4.78, 5) is 15.8. The van der Waals surface area contributed by atoms with Crippen molar-refractivity contribution < 1.29 is 13.2 Å². The number of hydrogen-bond acceptors (Lipinski definition) is 4. The Morgan fingerprint density at radius 1 is 1.32 bits per heavy atom. The van der Waals surface area contributed by atoms with Gasteiger partial charge in [-0.1, -0.05) is 30.3 Å². The number of rotatable bonds is 7. The predicted octanol–water partition coefficient (Wildman–Crippen LogP) is 1.18. The first-order valence-electron chi connectivity index (χ1n) is 6.97. The molecule has 0 saturated heterocycles. The Bertz CT molecular complexity index is 697. The summed E-state index contributed by atoms with van der Waals surface area (Å²) in [5.41, 5.74) is 0.751. The number of nitrogens with one attached hydrogen (secondary N) is 1. The average Bonchev–Trinajstić information content (AvgIpc) is 3.00. The zero-order valence-corrected chi connectivity index (χ0v) is 13.2. The van der Waals surface area contributed by atoms with E-state index in [2.05, 4.69) is 10.3 Å². The number of nitrogens with zero attached hydrogens (tertiary/aromatic N) is 2. The molecule has 0 bridgehead atoms. The van der Waals surface area contributed by atoms with Crippen molar-refractivity contribution in [2.75, 3.05) is 12.3 Å². The van der Waals surface area contributed by atoms with Crippen LogP contribution < -0.4 is 5.32 Å². The number of carbonyl (C=O) groups excluding carboxylic acids is 1. The number of hydrogen-bond donors (Lipinski definition) is 1. The van der Waals surface area contributed by atoms with Crippen LogP contribution in [0, 0.1) is 0 Å². The molecule has 0 radical (unpaired) electrons. The van der Waals surface area contributed by atoms with E-state index in [0.717, 1.165) is 5.56 Å². The van der Waals surface area contributed by atoms with E-state index in [1.54, 1.807) is 54.5 Å². The summed E-state index contributed by atoms with van der Waals surface area (Å²) in [7, 11) is -3.24. The zero-order chi connectivity index (χ0) is 16.0. The molecular formula is C15H19N3O3S. The standard InChI is InChI=1S/C15H19N3O3S/c1-13(18-9-7-16-12-18)15(19)17-8-10-22(20,21)11-14-5-3-2-4-6-14/h2-7,9,12-13H,8,10-11H2,1H3,(H,17,19). The van der Waals surface area contributed by atoms with Crippen molar-refractivity contribution in [2.24, 2.45) is 0 Å². The minimum Gasteiger partial charge on any atom is -0.353 e. The van der Waals surface area contributed by atoms with Gasteiger partial charge in [0, 0.05) is 18.9 Å². The fourth-order valence-corrected chi connectivity index (χ4v) is 3.27. The second-order valence-corrected chi connectivity index (χ2v) is 7.24. The van der Waals surface area contributed by atoms with Crippen molar-refractivity contribution >= 4 is 15.7 Å². The van der Waals surface area contributed by atoms with Crippen molar-refractivity contribution in [3.63, 3.8) is 0 Å². The van der Waals surface area contributed by atoms with E-state index < -0.39 is 15.9 Å². The Labute approximate surface area is 130 Å². The van der Waals surface area contributed by atoms with Gasteiger partial charge in [-0.15, -0.1) is 0 Å². The molecule has 1 heterocycles. The van der Waals surface area contributed by atoms with Gasteiger partial charge >= 0.3 is 0 Å². The van der Waals surface area contributed by atoms with Gasteiger partial charge < -0.3 is 9.88 Å². The Balaban J connectivity index is 1.81. The number of sulfone groups is 1. The van der Waals surface area contributed by atoms with E-state index in [4.69, 9.17) is 0 Å². The number of carbonyl (C=O) groups is 1. The Morgan fingerprint density at radius 3 is 2.68 bits per heavy atom. The summed E-state index contributed by atoms with van der Waals surface area (Å²) >= 11 is 0. The average molecular weight is 321 g/mol. The molecule has 0 aliphatic carbocycles. The minimum atomic E-state index is -3.24. The van der Waals surface area contributed by atoms with Gasteiger partial charge in [-0.2, -0.15) is 0 Å². The molecule has 1 atom stereocenters. The third kappa shape index (κ3) is 4.70. The highest BCUT2D eigenvalue weighted by Gasteiger charge is 2.16. The Kier molecular flexibility index (Phi) is 5.32. The van der Waals surface area contributed by atoms with Gasteiger partial charge in [0.25, 0.3) is 0 Å². The van der Waals surface area contributed by atoms with E-state index in [-0.39, 0.29) is 24.0 Å². The number of benzene rings is 1. The van der Waals surface area contributed by atoms with Crippen LogP contribution >= 0.6 is 0 Å². The van der Waals surface area contributed by atoms with Gasteiger partial charge in [-0.05, 0) is 12.5 Å². The predicted molar refractivity (Wildman–Crippen MR) is 83.9 cm³/mol. The highest BCUT2D eigenvalue weighted by molar-refractivity contribution is 7.90. The van der Waals surface area contributed by atoms with Crippen LogP contribution in [0.3, 0.4) is 0 Å². The first-order valence-corrected chi connectivity index (χ1v) is 8.79. The third-order valence-electron chi connectivity index (χ3n) is 3.29. The summed E-state index contributed by atoms with van der Waals surface area (Å²) < 4.78 is 25.7. The number of amides is 1. The molecule has 0 saturated carbocycles. The molecule has 2 rings (SSSR count). The van der Waals surface area contributed by atoms with Crippen molar-refractivity contribution in [3.05, 3.63) is 54.6 Å². The SMILES string of the molecule is CC(C(=O)NCCS(=O)(=O)Cc1ccccc1)n1ccnc1. The smallest absolute Gasteiger partial charge is 0.242 e. The van der Waals surface area contributed by atoms with E-state index in [0.29, 0.717) is 0 Å². The van der Waals surface area contributed by atoms with Gasteiger partial charge in [0.15, 0.2) is 9.84 Å². The molecule has 2 aromatic rings. The maximum Gasteiger partial charge on any atom is 0.242 e. The van der Waals surface area contributed by atoms with Crippen molar-refractivity contribution in [1.82, 2.24) is 14.9 Å². The highest BCUT2D eigenvalue weighted by Crippen LogP contribution is 2.06. The largest absolute Gasteiger partial charge is 0.353 e. The summed E-state index contributed by atoms with van der Waals surface area (Å²) in [6.07, 6.45) is 4.83. The summed E-state index contributed by atoms with van der Waals surface area (Å²) in [5.74, 6) is -0.321. The molecule has 0 spiro atoms. The van der Waals surface area contributed by atoms with E-state index in [9.17, 15) is 13.2 Å². The molecule has 0 aliphatic heterocycles. The quantitative estimate of drug-likeness (QED) is 0.830. The normalized spacial score (nSPS) is 12.8. The van der Waals surface area contributed by atoms with Gasteiger partial charge in [-0.3, -0.25) is 4.79 Å². The van der Waals surface area contributed by atoms with Crippen molar-refractivity contribution in [2.45, 2.75) is 18.7 Å². The lowest BCUT2D eigenvalue weighted by Crippen LogP contribution is -2.34. The molecule has 1 aromatic carbocycles. The molecule has 1 unspecified atom stereocenters. The van der Waals surface area contributed by atoms with Gasteiger partial charge in [-0.25, -0.2) is 13.4 Å². The van der Waals surface area contributed by atoms with Crippen LogP contribution in [-0.2, 0) is 20.4 Å². The first kappa shape index (κ1) is 16.2.